The second-order valence-corrected chi connectivity index (χ2v) is 8.43. The molecule has 0 radical (unpaired) electrons. The van der Waals surface area contributed by atoms with Crippen LogP contribution in [0.25, 0.3) is 0 Å². The zero-order chi connectivity index (χ0) is 18.4. The highest BCUT2D eigenvalue weighted by molar-refractivity contribution is 7.89. The third-order valence-corrected chi connectivity index (χ3v) is 6.20. The van der Waals surface area contributed by atoms with E-state index in [4.69, 9.17) is 4.74 Å². The van der Waals surface area contributed by atoms with Crippen molar-refractivity contribution in [3.8, 4) is 5.75 Å². The Balaban J connectivity index is 1.41. The van der Waals surface area contributed by atoms with E-state index >= 15 is 0 Å². The molecule has 26 heavy (non-hydrogen) atoms. The van der Waals surface area contributed by atoms with E-state index in [2.05, 4.69) is 16.5 Å². The monoisotopic (exact) mass is 374 g/mol. The molecule has 1 fully saturated rings. The molecule has 1 N–H and O–H groups in total. The Morgan fingerprint density at radius 1 is 1.04 bits per heavy atom. The highest BCUT2D eigenvalue weighted by Gasteiger charge is 2.24. The molecular weight excluding hydrogens is 348 g/mol. The lowest BCUT2D eigenvalue weighted by molar-refractivity contribution is 0.170. The van der Waals surface area contributed by atoms with Crippen molar-refractivity contribution in [2.24, 2.45) is 0 Å². The van der Waals surface area contributed by atoms with Crippen molar-refractivity contribution in [2.75, 3.05) is 26.2 Å². The van der Waals surface area contributed by atoms with Crippen molar-refractivity contribution in [2.45, 2.75) is 30.7 Å². The number of nitrogens with zero attached hydrogens (tertiary/aromatic N) is 1. The van der Waals surface area contributed by atoms with Crippen molar-refractivity contribution in [3.05, 3.63) is 60.2 Å². The van der Waals surface area contributed by atoms with Gasteiger partial charge in [-0.05, 0) is 57.1 Å². The molecule has 0 spiro atoms. The molecule has 1 aliphatic rings. The van der Waals surface area contributed by atoms with E-state index in [1.165, 1.54) is 5.56 Å². The van der Waals surface area contributed by atoms with Crippen molar-refractivity contribution in [1.82, 2.24) is 9.62 Å². The van der Waals surface area contributed by atoms with Crippen LogP contribution in [-0.4, -0.2) is 45.6 Å². The molecule has 6 heteroatoms. The number of nitrogens with one attached hydrogen (secondary N) is 1. The molecule has 0 unspecified atom stereocenters. The molecule has 0 aromatic heterocycles. The van der Waals surface area contributed by atoms with E-state index in [-0.39, 0.29) is 6.04 Å². The molecule has 2 aromatic carbocycles. The summed E-state index contributed by atoms with van der Waals surface area (Å²) >= 11 is 0. The molecular formula is C20H26N2O3S. The molecule has 1 heterocycles. The number of hydrogen-bond donors (Lipinski definition) is 1. The minimum absolute atomic E-state index is 0.00512. The summed E-state index contributed by atoms with van der Waals surface area (Å²) < 4.78 is 33.4. The summed E-state index contributed by atoms with van der Waals surface area (Å²) in [5.74, 6) is 0.890. The van der Waals surface area contributed by atoms with Gasteiger partial charge in [0.1, 0.15) is 12.4 Å². The molecule has 0 aliphatic carbocycles. The van der Waals surface area contributed by atoms with Crippen LogP contribution in [0.4, 0.5) is 0 Å². The zero-order valence-electron chi connectivity index (χ0n) is 15.1. The van der Waals surface area contributed by atoms with Gasteiger partial charge in [0.15, 0.2) is 0 Å². The minimum Gasteiger partial charge on any atom is -0.492 e. The van der Waals surface area contributed by atoms with Crippen LogP contribution in [0.1, 0.15) is 18.4 Å². The summed E-state index contributed by atoms with van der Waals surface area (Å²) in [4.78, 5) is 2.65. The molecule has 2 aromatic rings. The van der Waals surface area contributed by atoms with Crippen molar-refractivity contribution < 1.29 is 13.2 Å². The Bertz CT molecular complexity index is 784. The largest absolute Gasteiger partial charge is 0.492 e. The first-order valence-corrected chi connectivity index (χ1v) is 10.5. The van der Waals surface area contributed by atoms with E-state index in [9.17, 15) is 8.42 Å². The lowest BCUT2D eigenvalue weighted by Gasteiger charge is -2.32. The van der Waals surface area contributed by atoms with Crippen LogP contribution in [0.3, 0.4) is 0 Å². The van der Waals surface area contributed by atoms with Gasteiger partial charge in [0.25, 0.3) is 0 Å². The molecule has 1 aliphatic heterocycles. The Morgan fingerprint density at radius 3 is 2.35 bits per heavy atom. The summed E-state index contributed by atoms with van der Waals surface area (Å²) in [7, 11) is -3.43. The minimum atomic E-state index is -3.43. The molecule has 0 atom stereocenters. The fraction of sp³-hybridized carbons (Fsp3) is 0.400. The number of sulfonamides is 1. The number of piperidine rings is 1. The molecule has 3 rings (SSSR count). The lowest BCUT2D eigenvalue weighted by atomic mass is 10.1. The average Bonchev–Trinajstić information content (AvgIpc) is 2.65. The quantitative estimate of drug-likeness (QED) is 0.810. The van der Waals surface area contributed by atoms with Gasteiger partial charge in [-0.1, -0.05) is 35.9 Å². The lowest BCUT2D eigenvalue weighted by Crippen LogP contribution is -2.45. The van der Waals surface area contributed by atoms with Crippen molar-refractivity contribution in [3.63, 3.8) is 0 Å². The van der Waals surface area contributed by atoms with E-state index in [0.29, 0.717) is 11.5 Å². The fourth-order valence-corrected chi connectivity index (χ4v) is 4.41. The van der Waals surface area contributed by atoms with Crippen LogP contribution in [0.5, 0.6) is 5.75 Å². The number of aryl methyl sites for hydroxylation is 1. The van der Waals surface area contributed by atoms with E-state index in [0.717, 1.165) is 38.2 Å². The van der Waals surface area contributed by atoms with Crippen molar-refractivity contribution in [1.29, 1.82) is 0 Å². The summed E-state index contributed by atoms with van der Waals surface area (Å²) in [6, 6.07) is 16.6. The Kier molecular flexibility index (Phi) is 6.29. The summed E-state index contributed by atoms with van der Waals surface area (Å²) in [6.45, 7) is 5.30. The van der Waals surface area contributed by atoms with Gasteiger partial charge in [-0.15, -0.1) is 0 Å². The highest BCUT2D eigenvalue weighted by Crippen LogP contribution is 2.15. The summed E-state index contributed by atoms with van der Waals surface area (Å²) in [5, 5.41) is 0. The SMILES string of the molecule is Cc1ccc(OCCN2CCC(NS(=O)(=O)c3ccccc3)CC2)cc1. The van der Waals surface area contributed by atoms with Gasteiger partial charge in [0, 0.05) is 12.6 Å². The first-order chi connectivity index (χ1) is 12.5. The van der Waals surface area contributed by atoms with Gasteiger partial charge < -0.3 is 4.74 Å². The Morgan fingerprint density at radius 2 is 1.69 bits per heavy atom. The number of ether oxygens (including phenoxy) is 1. The number of hydrogen-bond acceptors (Lipinski definition) is 4. The smallest absolute Gasteiger partial charge is 0.240 e. The van der Waals surface area contributed by atoms with Crippen LogP contribution < -0.4 is 9.46 Å². The molecule has 0 amide bonds. The molecule has 0 bridgehead atoms. The summed E-state index contributed by atoms with van der Waals surface area (Å²) in [5.41, 5.74) is 1.22. The summed E-state index contributed by atoms with van der Waals surface area (Å²) in [6.07, 6.45) is 1.63. The average molecular weight is 375 g/mol. The third-order valence-electron chi connectivity index (χ3n) is 4.66. The predicted octanol–water partition coefficient (Wildman–Crippen LogP) is 2.82. The number of likely N-dealkylation sites (tertiary alicyclic amines) is 1. The van der Waals surface area contributed by atoms with E-state index in [1.807, 2.05) is 30.3 Å². The van der Waals surface area contributed by atoms with E-state index in [1.54, 1.807) is 24.3 Å². The van der Waals surface area contributed by atoms with Crippen molar-refractivity contribution >= 4 is 10.0 Å². The van der Waals surface area contributed by atoms with Gasteiger partial charge in [0.05, 0.1) is 4.90 Å². The second-order valence-electron chi connectivity index (χ2n) is 6.71. The van der Waals surface area contributed by atoms with E-state index < -0.39 is 10.0 Å². The molecule has 5 nitrogen and oxygen atoms in total. The van der Waals surface area contributed by atoms with Gasteiger partial charge >= 0.3 is 0 Å². The maximum atomic E-state index is 12.4. The Labute approximate surface area is 156 Å². The normalized spacial score (nSPS) is 16.5. The van der Waals surface area contributed by atoms with Crippen LogP contribution in [0.2, 0.25) is 0 Å². The maximum Gasteiger partial charge on any atom is 0.240 e. The molecule has 140 valence electrons. The third kappa shape index (κ3) is 5.30. The first-order valence-electron chi connectivity index (χ1n) is 9.02. The highest BCUT2D eigenvalue weighted by atomic mass is 32.2. The zero-order valence-corrected chi connectivity index (χ0v) is 15.9. The predicted molar refractivity (Wildman–Crippen MR) is 103 cm³/mol. The fourth-order valence-electron chi connectivity index (χ4n) is 3.09. The molecule has 1 saturated heterocycles. The van der Waals surface area contributed by atoms with Gasteiger partial charge in [0.2, 0.25) is 10.0 Å². The number of rotatable bonds is 7. The van der Waals surface area contributed by atoms with Crippen LogP contribution in [0.15, 0.2) is 59.5 Å². The Hall–Kier alpha value is -1.89. The second kappa shape index (κ2) is 8.66. The standard InChI is InChI=1S/C20H26N2O3S/c1-17-7-9-19(10-8-17)25-16-15-22-13-11-18(12-14-22)21-26(23,24)20-5-3-2-4-6-20/h2-10,18,21H,11-16H2,1H3. The van der Waals surface area contributed by atoms with Crippen LogP contribution in [-0.2, 0) is 10.0 Å². The van der Waals surface area contributed by atoms with Crippen LogP contribution >= 0.6 is 0 Å². The number of benzene rings is 2. The van der Waals surface area contributed by atoms with Gasteiger partial charge in [-0.2, -0.15) is 0 Å². The van der Waals surface area contributed by atoms with Gasteiger partial charge in [-0.3, -0.25) is 4.90 Å². The first kappa shape index (κ1) is 18.9. The van der Waals surface area contributed by atoms with Gasteiger partial charge in [-0.25, -0.2) is 13.1 Å². The van der Waals surface area contributed by atoms with Crippen LogP contribution in [0, 0.1) is 6.92 Å². The maximum absolute atomic E-state index is 12.4. The molecule has 0 saturated carbocycles. The topological polar surface area (TPSA) is 58.6 Å².